The second-order valence-corrected chi connectivity index (χ2v) is 11.5. The number of hydrogen-bond acceptors (Lipinski definition) is 6. The van der Waals surface area contributed by atoms with Crippen LogP contribution in [0.25, 0.3) is 0 Å². The summed E-state index contributed by atoms with van der Waals surface area (Å²) in [5, 5.41) is 10.2. The Morgan fingerprint density at radius 1 is 1.23 bits per heavy atom. The summed E-state index contributed by atoms with van der Waals surface area (Å²) in [4.78, 5) is 47.9. The minimum atomic E-state index is -1.20. The van der Waals surface area contributed by atoms with Gasteiger partial charge < -0.3 is 29.3 Å². The van der Waals surface area contributed by atoms with Crippen molar-refractivity contribution in [1.29, 1.82) is 0 Å². The number of rotatable bonds is 12. The maximum absolute atomic E-state index is 14.6. The van der Waals surface area contributed by atoms with E-state index in [1.54, 1.807) is 60.3 Å². The van der Waals surface area contributed by atoms with E-state index in [-0.39, 0.29) is 36.8 Å². The van der Waals surface area contributed by atoms with Crippen molar-refractivity contribution in [3.05, 3.63) is 49.6 Å². The molecule has 1 N–H and O–H groups in total. The first-order chi connectivity index (χ1) is 19.1. The second-order valence-electron chi connectivity index (χ2n) is 11.5. The topological polar surface area (TPSA) is 99.6 Å². The van der Waals surface area contributed by atoms with E-state index >= 15 is 0 Å². The monoisotopic (exact) mass is 553 g/mol. The van der Waals surface area contributed by atoms with Gasteiger partial charge in [-0.2, -0.15) is 0 Å². The zero-order valence-corrected chi connectivity index (χ0v) is 24.3. The minimum Gasteiger partial charge on any atom is -0.497 e. The standard InChI is InChI=1S/C31H43N3O6/c1-8-15-32(16-9-2)27(36)24-25-28(37)34(21(5)19-35)26(31(25)18-20(4)30(24,6)40-31)29(38)33(17-10-3)22-11-13-23(39-7)14-12-22/h8,10-14,20-21,24-26,35H,1,3,9,15-19H2,2,4-7H3/t20?,21-,24+,25+,26?,30-,31?/m1/s1. The van der Waals surface area contributed by atoms with Crippen molar-refractivity contribution in [2.75, 3.05) is 38.3 Å². The molecule has 3 amide bonds. The lowest BCUT2D eigenvalue weighted by Gasteiger charge is -2.39. The quantitative estimate of drug-likeness (QED) is 0.400. The molecule has 1 aromatic carbocycles. The number of carbonyl (C=O) groups is 3. The predicted octanol–water partition coefficient (Wildman–Crippen LogP) is 3.03. The van der Waals surface area contributed by atoms with Crippen molar-refractivity contribution in [3.63, 3.8) is 0 Å². The number of methoxy groups -OCH3 is 1. The molecule has 0 aliphatic carbocycles. The zero-order chi connectivity index (χ0) is 29.4. The molecule has 1 spiro atoms. The lowest BCUT2D eigenvalue weighted by Crippen LogP contribution is -2.58. The first kappa shape index (κ1) is 29.8. The minimum absolute atomic E-state index is 0.0776. The van der Waals surface area contributed by atoms with Crippen molar-refractivity contribution >= 4 is 23.4 Å². The van der Waals surface area contributed by atoms with E-state index in [1.807, 2.05) is 20.8 Å². The third kappa shape index (κ3) is 4.43. The molecule has 0 aromatic heterocycles. The van der Waals surface area contributed by atoms with Crippen LogP contribution in [0.4, 0.5) is 5.69 Å². The third-order valence-electron chi connectivity index (χ3n) is 9.11. The molecule has 3 unspecified atom stereocenters. The fraction of sp³-hybridized carbons (Fsp3) is 0.581. The first-order valence-electron chi connectivity index (χ1n) is 14.1. The summed E-state index contributed by atoms with van der Waals surface area (Å²) in [6.45, 7) is 16.1. The van der Waals surface area contributed by atoms with Crippen molar-refractivity contribution in [2.45, 2.75) is 63.8 Å². The Labute approximate surface area is 237 Å². The summed E-state index contributed by atoms with van der Waals surface area (Å²) in [6.07, 6.45) is 4.54. The predicted molar refractivity (Wildman–Crippen MR) is 153 cm³/mol. The number of fused-ring (bicyclic) bond motifs is 1. The van der Waals surface area contributed by atoms with Gasteiger partial charge in [0.25, 0.3) is 5.91 Å². The number of aliphatic hydroxyl groups is 1. The number of benzene rings is 1. The largest absolute Gasteiger partial charge is 0.497 e. The number of ether oxygens (including phenoxy) is 2. The van der Waals surface area contributed by atoms with Gasteiger partial charge in [0, 0.05) is 25.3 Å². The molecule has 3 heterocycles. The number of nitrogens with zero attached hydrogens (tertiary/aromatic N) is 3. The van der Waals surface area contributed by atoms with Crippen molar-refractivity contribution in [1.82, 2.24) is 9.80 Å². The Morgan fingerprint density at radius 3 is 2.42 bits per heavy atom. The molecule has 218 valence electrons. The molecule has 9 nitrogen and oxygen atoms in total. The molecule has 3 saturated heterocycles. The van der Waals surface area contributed by atoms with Crippen LogP contribution in [-0.4, -0.2) is 89.3 Å². The molecule has 7 atom stereocenters. The highest BCUT2D eigenvalue weighted by atomic mass is 16.5. The highest BCUT2D eigenvalue weighted by Gasteiger charge is 2.80. The van der Waals surface area contributed by atoms with E-state index in [9.17, 15) is 19.5 Å². The average Bonchev–Trinajstić information content (AvgIpc) is 3.47. The van der Waals surface area contributed by atoms with Gasteiger partial charge in [0.15, 0.2) is 0 Å². The number of hydrogen-bond donors (Lipinski definition) is 1. The molecule has 0 saturated carbocycles. The van der Waals surface area contributed by atoms with Gasteiger partial charge in [-0.3, -0.25) is 14.4 Å². The van der Waals surface area contributed by atoms with E-state index in [4.69, 9.17) is 9.47 Å². The van der Waals surface area contributed by atoms with Crippen LogP contribution in [0.5, 0.6) is 5.75 Å². The summed E-state index contributed by atoms with van der Waals surface area (Å²) >= 11 is 0. The summed E-state index contributed by atoms with van der Waals surface area (Å²) < 4.78 is 12.1. The van der Waals surface area contributed by atoms with E-state index < -0.39 is 35.1 Å². The molecule has 3 aliphatic heterocycles. The van der Waals surface area contributed by atoms with E-state index in [0.29, 0.717) is 30.9 Å². The number of likely N-dealkylation sites (tertiary alicyclic amines) is 1. The maximum Gasteiger partial charge on any atom is 0.253 e. The summed E-state index contributed by atoms with van der Waals surface area (Å²) in [5.74, 6) is -1.83. The van der Waals surface area contributed by atoms with Crippen LogP contribution >= 0.6 is 0 Å². The normalized spacial score (nSPS) is 31.1. The third-order valence-corrected chi connectivity index (χ3v) is 9.11. The van der Waals surface area contributed by atoms with E-state index in [0.717, 1.165) is 6.42 Å². The molecule has 3 fully saturated rings. The highest BCUT2D eigenvalue weighted by Crippen LogP contribution is 2.65. The lowest BCUT2D eigenvalue weighted by atomic mass is 9.62. The molecule has 2 bridgehead atoms. The SMILES string of the molecule is C=CCN(CCC)C(=O)[C@@H]1[C@H]2C(=O)N([C@H](C)CO)C(C(=O)N(CC=C)c3ccc(OC)cc3)C23CC(C)[C@@]1(C)O3. The highest BCUT2D eigenvalue weighted by molar-refractivity contribution is 6.05. The molecule has 9 heteroatoms. The molecule has 0 radical (unpaired) electrons. The average molecular weight is 554 g/mol. The zero-order valence-electron chi connectivity index (χ0n) is 24.3. The summed E-state index contributed by atoms with van der Waals surface area (Å²) in [6, 6.07) is 5.44. The van der Waals surface area contributed by atoms with Gasteiger partial charge in [-0.1, -0.05) is 26.0 Å². The van der Waals surface area contributed by atoms with Crippen molar-refractivity contribution < 1.29 is 29.0 Å². The first-order valence-corrected chi connectivity index (χ1v) is 14.1. The van der Waals surface area contributed by atoms with E-state index in [2.05, 4.69) is 13.2 Å². The van der Waals surface area contributed by atoms with Gasteiger partial charge in [0.2, 0.25) is 11.8 Å². The number of amides is 3. The lowest BCUT2D eigenvalue weighted by molar-refractivity contribution is -0.153. The Balaban J connectivity index is 1.84. The molecule has 3 aliphatic rings. The van der Waals surface area contributed by atoms with Gasteiger partial charge in [0.1, 0.15) is 17.4 Å². The Bertz CT molecular complexity index is 1150. The van der Waals surface area contributed by atoms with Crippen LogP contribution < -0.4 is 9.64 Å². The second kappa shape index (κ2) is 11.4. The number of carbonyl (C=O) groups excluding carboxylic acids is 3. The van der Waals surface area contributed by atoms with Crippen molar-refractivity contribution in [3.8, 4) is 5.75 Å². The van der Waals surface area contributed by atoms with Crippen LogP contribution in [0, 0.1) is 17.8 Å². The maximum atomic E-state index is 14.6. The van der Waals surface area contributed by atoms with Crippen LogP contribution in [0.15, 0.2) is 49.6 Å². The van der Waals surface area contributed by atoms with Gasteiger partial charge in [-0.25, -0.2) is 0 Å². The van der Waals surface area contributed by atoms with Gasteiger partial charge in [-0.15, -0.1) is 13.2 Å². The summed E-state index contributed by atoms with van der Waals surface area (Å²) in [7, 11) is 1.57. The number of anilines is 1. The fourth-order valence-electron chi connectivity index (χ4n) is 7.17. The van der Waals surface area contributed by atoms with Crippen molar-refractivity contribution in [2.24, 2.45) is 17.8 Å². The Morgan fingerprint density at radius 2 is 1.88 bits per heavy atom. The molecular formula is C31H43N3O6. The Hall–Kier alpha value is -3.17. The fourth-order valence-corrected chi connectivity index (χ4v) is 7.17. The van der Waals surface area contributed by atoms with Crippen LogP contribution in [0.3, 0.4) is 0 Å². The smallest absolute Gasteiger partial charge is 0.253 e. The molecule has 40 heavy (non-hydrogen) atoms. The van der Waals surface area contributed by atoms with Crippen LogP contribution in [0.2, 0.25) is 0 Å². The number of aliphatic hydroxyl groups excluding tert-OH is 1. The summed E-state index contributed by atoms with van der Waals surface area (Å²) in [5.41, 5.74) is -1.50. The molecular weight excluding hydrogens is 510 g/mol. The molecule has 1 aromatic rings. The van der Waals surface area contributed by atoms with Gasteiger partial charge in [-0.05, 0) is 56.9 Å². The van der Waals surface area contributed by atoms with Gasteiger partial charge in [0.05, 0.1) is 37.2 Å². The van der Waals surface area contributed by atoms with E-state index in [1.165, 1.54) is 4.90 Å². The Kier molecular flexibility index (Phi) is 8.47. The molecule has 4 rings (SSSR count). The van der Waals surface area contributed by atoms with Gasteiger partial charge >= 0.3 is 0 Å². The van der Waals surface area contributed by atoms with Crippen LogP contribution in [0.1, 0.15) is 40.5 Å². The van der Waals surface area contributed by atoms with Crippen LogP contribution in [-0.2, 0) is 19.1 Å².